The molecule has 3 aromatic carbocycles. The number of hydrogen-bond donors (Lipinski definition) is 2. The number of carbonyl (C=O) groups excluding carboxylic acids is 1. The summed E-state index contributed by atoms with van der Waals surface area (Å²) in [6.45, 7) is 1.89. The Morgan fingerprint density at radius 1 is 1.26 bits per heavy atom. The van der Waals surface area contributed by atoms with Gasteiger partial charge in [0, 0.05) is 34.6 Å². The van der Waals surface area contributed by atoms with Gasteiger partial charge in [-0.1, -0.05) is 29.4 Å². The van der Waals surface area contributed by atoms with Gasteiger partial charge in [0.2, 0.25) is 5.91 Å². The highest BCUT2D eigenvalue weighted by atomic mass is 35.5. The van der Waals surface area contributed by atoms with E-state index in [4.69, 9.17) is 11.6 Å². The number of thioether (sulfide) groups is 1. The van der Waals surface area contributed by atoms with Crippen LogP contribution >= 0.6 is 34.7 Å². The number of anilines is 1. The molecule has 4 rings (SSSR count). The molecule has 0 aliphatic heterocycles. The molecule has 8 nitrogen and oxygen atoms in total. The second-order valence-corrected chi connectivity index (χ2v) is 9.85. The Hall–Kier alpha value is -3.47. The molecular formula is C23H17ClN4O4S2. The van der Waals surface area contributed by atoms with Crippen molar-refractivity contribution in [3.8, 4) is 5.75 Å². The molecule has 2 N–H and O–H groups in total. The van der Waals surface area contributed by atoms with Crippen molar-refractivity contribution in [2.75, 3.05) is 11.1 Å². The van der Waals surface area contributed by atoms with Crippen LogP contribution in [0.3, 0.4) is 0 Å². The Morgan fingerprint density at radius 3 is 2.85 bits per heavy atom. The maximum Gasteiger partial charge on any atom is 0.270 e. The molecule has 1 amide bonds. The van der Waals surface area contributed by atoms with Gasteiger partial charge in [-0.3, -0.25) is 19.9 Å². The summed E-state index contributed by atoms with van der Waals surface area (Å²) in [7, 11) is 0. The normalized spacial score (nSPS) is 11.2. The van der Waals surface area contributed by atoms with E-state index in [2.05, 4.69) is 15.3 Å². The Balaban J connectivity index is 1.42. The van der Waals surface area contributed by atoms with E-state index in [9.17, 15) is 20.0 Å². The summed E-state index contributed by atoms with van der Waals surface area (Å²) in [4.78, 5) is 31.6. The monoisotopic (exact) mass is 512 g/mol. The molecule has 0 bridgehead atoms. The lowest BCUT2D eigenvalue weighted by molar-refractivity contribution is -0.384. The fraction of sp³-hybridized carbons (Fsp3) is 0.0870. The van der Waals surface area contributed by atoms with Crippen LogP contribution in [0.4, 0.5) is 17.1 Å². The molecule has 0 aliphatic rings. The standard InChI is InChI=1S/C23H17ClN4O4S2/c1-13-2-3-16(9-18(13)24)26-22(30)12-33-23-27-19-6-4-15(10-21(19)34-23)25-11-14-8-17(28(31)32)5-7-20(14)29/h2-11,29H,12H2,1H3,(H,26,30). The highest BCUT2D eigenvalue weighted by molar-refractivity contribution is 8.01. The molecular weight excluding hydrogens is 496 g/mol. The molecule has 0 radical (unpaired) electrons. The van der Waals surface area contributed by atoms with Crippen molar-refractivity contribution >= 4 is 74.1 Å². The van der Waals surface area contributed by atoms with Gasteiger partial charge in [-0.05, 0) is 48.9 Å². The second kappa shape index (κ2) is 10.2. The summed E-state index contributed by atoms with van der Waals surface area (Å²) >= 11 is 8.86. The third-order valence-electron chi connectivity index (χ3n) is 4.71. The number of nitro groups is 1. The van der Waals surface area contributed by atoms with Crippen molar-refractivity contribution in [1.29, 1.82) is 0 Å². The van der Waals surface area contributed by atoms with E-state index >= 15 is 0 Å². The number of aliphatic imine (C=N–C) groups is 1. The number of aromatic nitrogens is 1. The Morgan fingerprint density at radius 2 is 2.09 bits per heavy atom. The average molecular weight is 513 g/mol. The number of carbonyl (C=O) groups is 1. The first kappa shape index (κ1) is 23.7. The first-order valence-electron chi connectivity index (χ1n) is 9.89. The molecule has 34 heavy (non-hydrogen) atoms. The van der Waals surface area contributed by atoms with E-state index in [-0.39, 0.29) is 28.7 Å². The van der Waals surface area contributed by atoms with Gasteiger partial charge in [0.25, 0.3) is 5.69 Å². The molecule has 11 heteroatoms. The number of thiazole rings is 1. The van der Waals surface area contributed by atoms with Crippen LogP contribution in [0.1, 0.15) is 11.1 Å². The molecule has 0 saturated carbocycles. The zero-order chi connectivity index (χ0) is 24.2. The highest BCUT2D eigenvalue weighted by Gasteiger charge is 2.11. The van der Waals surface area contributed by atoms with Gasteiger partial charge in [0.05, 0.1) is 26.6 Å². The first-order valence-corrected chi connectivity index (χ1v) is 12.1. The number of aromatic hydroxyl groups is 1. The summed E-state index contributed by atoms with van der Waals surface area (Å²) in [5.41, 5.74) is 3.07. The van der Waals surface area contributed by atoms with Gasteiger partial charge in [-0.2, -0.15) is 0 Å². The van der Waals surface area contributed by atoms with Crippen molar-refractivity contribution in [2.45, 2.75) is 11.3 Å². The highest BCUT2D eigenvalue weighted by Crippen LogP contribution is 2.32. The summed E-state index contributed by atoms with van der Waals surface area (Å²) in [6, 6.07) is 14.5. The summed E-state index contributed by atoms with van der Waals surface area (Å²) in [5.74, 6) is -0.0631. The number of rotatable bonds is 7. The molecule has 1 heterocycles. The molecule has 4 aromatic rings. The van der Waals surface area contributed by atoms with Gasteiger partial charge in [0.15, 0.2) is 4.34 Å². The maximum atomic E-state index is 12.3. The van der Waals surface area contributed by atoms with E-state index in [1.807, 2.05) is 25.1 Å². The summed E-state index contributed by atoms with van der Waals surface area (Å²) in [5, 5.41) is 24.3. The van der Waals surface area contributed by atoms with Crippen molar-refractivity contribution in [1.82, 2.24) is 4.98 Å². The zero-order valence-electron chi connectivity index (χ0n) is 17.7. The van der Waals surface area contributed by atoms with Gasteiger partial charge in [-0.25, -0.2) is 4.98 Å². The predicted octanol–water partition coefficient (Wildman–Crippen LogP) is 6.35. The number of non-ortho nitro benzene ring substituents is 1. The minimum absolute atomic E-state index is 0.0990. The van der Waals surface area contributed by atoms with Crippen molar-refractivity contribution in [2.24, 2.45) is 4.99 Å². The van der Waals surface area contributed by atoms with Crippen molar-refractivity contribution < 1.29 is 14.8 Å². The number of phenols is 1. The average Bonchev–Trinajstić information content (AvgIpc) is 3.21. The quantitative estimate of drug-likeness (QED) is 0.129. The molecule has 0 aliphatic carbocycles. The van der Waals surface area contributed by atoms with Crippen LogP contribution in [-0.2, 0) is 4.79 Å². The molecule has 0 unspecified atom stereocenters. The van der Waals surface area contributed by atoms with Gasteiger partial charge in [0.1, 0.15) is 5.75 Å². The fourth-order valence-electron chi connectivity index (χ4n) is 2.93. The van der Waals surface area contributed by atoms with E-state index in [1.54, 1.807) is 18.2 Å². The lowest BCUT2D eigenvalue weighted by atomic mass is 10.2. The molecule has 172 valence electrons. The van der Waals surface area contributed by atoms with Gasteiger partial charge < -0.3 is 10.4 Å². The van der Waals surface area contributed by atoms with Crippen LogP contribution in [0.15, 0.2) is 63.9 Å². The number of halogens is 1. The Kier molecular flexibility index (Phi) is 7.11. The SMILES string of the molecule is Cc1ccc(NC(=O)CSc2nc3ccc(N=Cc4cc([N+](=O)[O-])ccc4O)cc3s2)cc1Cl. The predicted molar refractivity (Wildman–Crippen MR) is 137 cm³/mol. The summed E-state index contributed by atoms with van der Waals surface area (Å²) in [6.07, 6.45) is 1.38. The third kappa shape index (κ3) is 5.71. The minimum atomic E-state index is -0.532. The molecule has 0 atom stereocenters. The molecule has 0 saturated heterocycles. The van der Waals surface area contributed by atoms with Crippen LogP contribution in [-0.4, -0.2) is 32.9 Å². The number of nitrogens with zero attached hydrogens (tertiary/aromatic N) is 3. The smallest absolute Gasteiger partial charge is 0.270 e. The van der Waals surface area contributed by atoms with Crippen LogP contribution < -0.4 is 5.32 Å². The number of hydrogen-bond acceptors (Lipinski definition) is 8. The largest absolute Gasteiger partial charge is 0.507 e. The Bertz CT molecular complexity index is 1440. The zero-order valence-corrected chi connectivity index (χ0v) is 20.1. The number of aryl methyl sites for hydroxylation is 1. The van der Waals surface area contributed by atoms with Gasteiger partial charge in [-0.15, -0.1) is 11.3 Å². The lowest BCUT2D eigenvalue weighted by Gasteiger charge is -2.06. The number of nitro benzene ring substituents is 1. The van der Waals surface area contributed by atoms with Crippen LogP contribution in [0.5, 0.6) is 5.75 Å². The van der Waals surface area contributed by atoms with E-state index < -0.39 is 4.92 Å². The Labute approximate surface area is 207 Å². The second-order valence-electron chi connectivity index (χ2n) is 7.19. The minimum Gasteiger partial charge on any atom is -0.507 e. The van der Waals surface area contributed by atoms with E-state index in [0.29, 0.717) is 16.4 Å². The van der Waals surface area contributed by atoms with Crippen LogP contribution in [0, 0.1) is 17.0 Å². The number of nitrogens with one attached hydrogen (secondary N) is 1. The van der Waals surface area contributed by atoms with Crippen molar-refractivity contribution in [3.05, 3.63) is 80.9 Å². The molecule has 1 aromatic heterocycles. The molecule has 0 fully saturated rings. The number of amides is 1. The number of phenolic OH excluding ortho intramolecular Hbond substituents is 1. The van der Waals surface area contributed by atoms with E-state index in [1.165, 1.54) is 47.5 Å². The number of benzene rings is 3. The number of fused-ring (bicyclic) bond motifs is 1. The van der Waals surface area contributed by atoms with Gasteiger partial charge >= 0.3 is 0 Å². The fourth-order valence-corrected chi connectivity index (χ4v) is 5.01. The topological polar surface area (TPSA) is 118 Å². The lowest BCUT2D eigenvalue weighted by Crippen LogP contribution is -2.13. The van der Waals surface area contributed by atoms with Crippen LogP contribution in [0.25, 0.3) is 10.2 Å². The third-order valence-corrected chi connectivity index (χ3v) is 7.28. The van der Waals surface area contributed by atoms with Crippen LogP contribution in [0.2, 0.25) is 5.02 Å². The maximum absolute atomic E-state index is 12.3. The van der Waals surface area contributed by atoms with Crippen molar-refractivity contribution in [3.63, 3.8) is 0 Å². The van der Waals surface area contributed by atoms with E-state index in [0.717, 1.165) is 20.1 Å². The first-order chi connectivity index (χ1) is 16.3. The molecule has 0 spiro atoms. The summed E-state index contributed by atoms with van der Waals surface area (Å²) < 4.78 is 1.62.